The maximum Gasteiger partial charge on any atom is 0.373 e. The van der Waals surface area contributed by atoms with Gasteiger partial charge in [-0.25, -0.2) is 9.59 Å². The number of rotatable bonds is 5. The van der Waals surface area contributed by atoms with Gasteiger partial charge in [-0.1, -0.05) is 6.07 Å². The largest absolute Gasteiger partial charge is 0.493 e. The first-order valence-corrected chi connectivity index (χ1v) is 11.1. The summed E-state index contributed by atoms with van der Waals surface area (Å²) in [6, 6.07) is 4.73. The Balaban J connectivity index is 0.000000229. The van der Waals surface area contributed by atoms with Gasteiger partial charge in [-0.05, 0) is 50.4 Å². The van der Waals surface area contributed by atoms with E-state index in [1.54, 1.807) is 7.11 Å². The number of halogens is 1. The molecule has 2 bridgehead atoms. The number of hydrogen-bond donors (Lipinski definition) is 3. The molecule has 0 aromatic heterocycles. The van der Waals surface area contributed by atoms with Crippen molar-refractivity contribution in [2.75, 3.05) is 27.8 Å². The van der Waals surface area contributed by atoms with Gasteiger partial charge in [0.05, 0.1) is 14.2 Å². The average Bonchev–Trinajstić information content (AvgIpc) is 3.17. The van der Waals surface area contributed by atoms with Crippen molar-refractivity contribution in [1.82, 2.24) is 4.90 Å². The van der Waals surface area contributed by atoms with Gasteiger partial charge >= 0.3 is 11.9 Å². The van der Waals surface area contributed by atoms with E-state index in [0.717, 1.165) is 44.4 Å². The fourth-order valence-electron chi connectivity index (χ4n) is 6.07. The highest BCUT2D eigenvalue weighted by Gasteiger charge is 2.65. The highest BCUT2D eigenvalue weighted by Crippen LogP contribution is 2.63. The second-order valence-electron chi connectivity index (χ2n) is 9.08. The molecular formula is C23H30ClNO10. The molecule has 0 amide bonds. The van der Waals surface area contributed by atoms with Gasteiger partial charge in [0.25, 0.3) is 0 Å². The normalized spacial score (nSPS) is 29.3. The highest BCUT2D eigenvalue weighted by atomic mass is 35.5. The Hall–Kier alpha value is -2.44. The lowest BCUT2D eigenvalue weighted by atomic mass is 9.52. The second kappa shape index (κ2) is 10.3. The minimum Gasteiger partial charge on any atom is -0.493 e. The lowest BCUT2D eigenvalue weighted by molar-refractivity contribution is -0.265. The summed E-state index contributed by atoms with van der Waals surface area (Å²) in [4.78, 5) is 43.2. The van der Waals surface area contributed by atoms with E-state index in [9.17, 15) is 14.4 Å². The number of piperidine rings is 1. The fourth-order valence-corrected chi connectivity index (χ4v) is 6.07. The number of methoxy groups -OCH3 is 1. The van der Waals surface area contributed by atoms with Crippen LogP contribution in [0.2, 0.25) is 0 Å². The summed E-state index contributed by atoms with van der Waals surface area (Å²) >= 11 is 0. The molecule has 0 radical (unpaired) electrons. The molecular weight excluding hydrogens is 486 g/mol. The third-order valence-corrected chi connectivity index (χ3v) is 7.55. The van der Waals surface area contributed by atoms with Gasteiger partial charge < -0.3 is 29.7 Å². The summed E-state index contributed by atoms with van der Waals surface area (Å²) in [7, 11) is 4.91. The van der Waals surface area contributed by atoms with E-state index in [1.807, 2.05) is 6.07 Å². The number of likely N-dealkylation sites (N-methyl/N-ethyl adjacent to an activating group) is 1. The Labute approximate surface area is 208 Å². The van der Waals surface area contributed by atoms with E-state index >= 15 is 0 Å². The Bertz CT molecular complexity index is 1000. The maximum absolute atomic E-state index is 12.6. The highest BCUT2D eigenvalue weighted by molar-refractivity contribution is 5.89. The number of likely N-dealkylation sites (tertiary alicyclic amines) is 1. The van der Waals surface area contributed by atoms with Crippen molar-refractivity contribution in [3.05, 3.63) is 23.3 Å². The Morgan fingerprint density at radius 3 is 2.57 bits per heavy atom. The van der Waals surface area contributed by atoms with Crippen LogP contribution in [0.25, 0.3) is 0 Å². The summed E-state index contributed by atoms with van der Waals surface area (Å²) in [6.45, 7) is 1.05. The van der Waals surface area contributed by atoms with Crippen LogP contribution in [-0.2, 0) is 36.0 Å². The molecule has 1 spiro atoms. The third-order valence-electron chi connectivity index (χ3n) is 7.55. The van der Waals surface area contributed by atoms with Crippen molar-refractivity contribution in [2.45, 2.75) is 55.5 Å². The van der Waals surface area contributed by atoms with Gasteiger partial charge in [0.15, 0.2) is 35.6 Å². The molecule has 0 unspecified atom stereocenters. The number of aliphatic hydroxyl groups is 2. The van der Waals surface area contributed by atoms with Crippen molar-refractivity contribution < 1.29 is 49.0 Å². The molecule has 35 heavy (non-hydrogen) atoms. The van der Waals surface area contributed by atoms with Crippen LogP contribution in [0.15, 0.2) is 12.1 Å². The zero-order chi connectivity index (χ0) is 24.8. The molecule has 1 saturated carbocycles. The molecule has 1 aromatic rings. The molecule has 1 saturated heterocycles. The number of aliphatic carboxylic acids is 1. The van der Waals surface area contributed by atoms with Crippen molar-refractivity contribution in [3.8, 4) is 11.5 Å². The number of ether oxygens (including phenoxy) is 2. The Morgan fingerprint density at radius 2 is 1.94 bits per heavy atom. The van der Waals surface area contributed by atoms with Crippen LogP contribution < -0.4 is 9.47 Å². The molecule has 6 atom stereocenters. The topological polar surface area (TPSA) is 152 Å². The number of ketones is 1. The van der Waals surface area contributed by atoms with Gasteiger partial charge in [-0.15, -0.1) is 12.4 Å². The predicted molar refractivity (Wildman–Crippen MR) is 122 cm³/mol. The third kappa shape index (κ3) is 4.25. The van der Waals surface area contributed by atoms with Crippen LogP contribution in [0.1, 0.15) is 30.4 Å². The summed E-state index contributed by atoms with van der Waals surface area (Å²) in [6.07, 6.45) is -0.896. The Kier molecular flexibility index (Phi) is 7.97. The predicted octanol–water partition coefficient (Wildman–Crippen LogP) is 0.253. The fraction of sp³-hybridized carbons (Fsp3) is 0.609. The number of carbonyl (C=O) groups excluding carboxylic acids is 2. The zero-order valence-corrected chi connectivity index (χ0v) is 20.4. The quantitative estimate of drug-likeness (QED) is 0.365. The van der Waals surface area contributed by atoms with Crippen LogP contribution in [-0.4, -0.2) is 90.1 Å². The number of carbonyl (C=O) groups is 3. The summed E-state index contributed by atoms with van der Waals surface area (Å²) in [5.74, 6) is -0.636. The SMILES string of the molecule is COOC(=O)[C@H](O)[C@@H](O)C(=O)O.COc1ccc2c3c1O[C@H]1C(=O)CC[C@H]4[C@@H](C2)N(C)CC[C@]314.Cl. The minimum absolute atomic E-state index is 0. The van der Waals surface area contributed by atoms with Crippen LogP contribution in [0, 0.1) is 5.92 Å². The van der Waals surface area contributed by atoms with Gasteiger partial charge in [-0.3, -0.25) is 9.68 Å². The summed E-state index contributed by atoms with van der Waals surface area (Å²) in [5, 5.41) is 25.4. The molecule has 194 valence electrons. The van der Waals surface area contributed by atoms with Crippen LogP contribution >= 0.6 is 12.4 Å². The number of benzene rings is 1. The lowest BCUT2D eigenvalue weighted by Gasteiger charge is -2.57. The van der Waals surface area contributed by atoms with Gasteiger partial charge in [0.2, 0.25) is 0 Å². The molecule has 1 aromatic carbocycles. The zero-order valence-electron chi connectivity index (χ0n) is 19.6. The molecule has 2 fully saturated rings. The van der Waals surface area contributed by atoms with E-state index in [-0.39, 0.29) is 29.7 Å². The number of hydrogen-bond acceptors (Lipinski definition) is 10. The molecule has 12 heteroatoms. The van der Waals surface area contributed by atoms with E-state index in [0.29, 0.717) is 18.4 Å². The van der Waals surface area contributed by atoms with E-state index < -0.39 is 24.1 Å². The average molecular weight is 516 g/mol. The van der Waals surface area contributed by atoms with Crippen molar-refractivity contribution >= 4 is 30.1 Å². The van der Waals surface area contributed by atoms with Crippen LogP contribution in [0.4, 0.5) is 0 Å². The maximum atomic E-state index is 12.6. The van der Waals surface area contributed by atoms with Crippen molar-refractivity contribution in [1.29, 1.82) is 0 Å². The number of carboxylic acids is 1. The van der Waals surface area contributed by atoms with Gasteiger partial charge in [-0.2, -0.15) is 4.89 Å². The second-order valence-corrected chi connectivity index (χ2v) is 9.08. The summed E-state index contributed by atoms with van der Waals surface area (Å²) in [5.41, 5.74) is 2.57. The van der Waals surface area contributed by atoms with Crippen molar-refractivity contribution in [3.63, 3.8) is 0 Å². The van der Waals surface area contributed by atoms with Crippen LogP contribution in [0.3, 0.4) is 0 Å². The van der Waals surface area contributed by atoms with E-state index in [1.165, 1.54) is 11.1 Å². The lowest BCUT2D eigenvalue weighted by Crippen LogP contribution is -2.65. The number of aliphatic hydroxyl groups excluding tert-OH is 2. The summed E-state index contributed by atoms with van der Waals surface area (Å²) < 4.78 is 11.8. The number of nitrogens with zero attached hydrogens (tertiary/aromatic N) is 1. The van der Waals surface area contributed by atoms with Crippen LogP contribution in [0.5, 0.6) is 11.5 Å². The van der Waals surface area contributed by atoms with Gasteiger partial charge in [0.1, 0.15) is 0 Å². The minimum atomic E-state index is -2.22. The number of Topliss-reactive ketones (excluding diaryl/α,β-unsaturated/α-hetero) is 1. The molecule has 2 aliphatic carbocycles. The molecule has 11 nitrogen and oxygen atoms in total. The van der Waals surface area contributed by atoms with E-state index in [4.69, 9.17) is 24.8 Å². The molecule has 2 heterocycles. The molecule has 3 N–H and O–H groups in total. The smallest absolute Gasteiger partial charge is 0.373 e. The first kappa shape index (κ1) is 27.2. The van der Waals surface area contributed by atoms with Crippen molar-refractivity contribution in [2.24, 2.45) is 5.92 Å². The van der Waals surface area contributed by atoms with Gasteiger partial charge in [0, 0.05) is 23.4 Å². The Morgan fingerprint density at radius 1 is 1.23 bits per heavy atom. The molecule has 2 aliphatic heterocycles. The number of carboxylic acid groups (broad SMARTS) is 1. The first-order chi connectivity index (χ1) is 16.2. The molecule has 5 rings (SSSR count). The van der Waals surface area contributed by atoms with E-state index in [2.05, 4.69) is 27.8 Å². The monoisotopic (exact) mass is 515 g/mol. The standard InChI is InChI=1S/C18H21NO3.C5H8O7.ClH/c1-19-8-7-18-11-4-5-13(20)17(18)22-16-14(21-2)6-3-10(15(16)18)9-12(11)19;1-11-12-5(10)3(7)2(6)4(8)9;/h3,6,11-12,17H,4-5,7-9H2,1-2H3;2-3,6-7H,1H3,(H,8,9);1H/t11-,12+,17-,18-;2-,3-;/m01./s1. The molecule has 4 aliphatic rings. The first-order valence-electron chi connectivity index (χ1n) is 11.1.